The van der Waals surface area contributed by atoms with Crippen LogP contribution in [0, 0.1) is 11.8 Å². The largest absolute Gasteiger partial charge is 0.481 e. The number of ether oxygens (including phenoxy) is 1. The monoisotopic (exact) mass is 244 g/mol. The third-order valence-electron chi connectivity index (χ3n) is 2.70. The summed E-state index contributed by atoms with van der Waals surface area (Å²) in [5.41, 5.74) is 4.87. The van der Waals surface area contributed by atoms with Gasteiger partial charge in [-0.15, -0.1) is 0 Å². The average Bonchev–Trinajstić information content (AvgIpc) is 2.05. The molecular weight excluding hydrogens is 224 g/mol. The fourth-order valence-corrected chi connectivity index (χ4v) is 1.74. The van der Waals surface area contributed by atoms with Crippen LogP contribution in [0.2, 0.25) is 0 Å². The van der Waals surface area contributed by atoms with Gasteiger partial charge in [0.2, 0.25) is 0 Å². The Kier molecular flexibility index (Phi) is 3.98. The van der Waals surface area contributed by atoms with Gasteiger partial charge in [-0.1, -0.05) is 0 Å². The van der Waals surface area contributed by atoms with Gasteiger partial charge in [-0.2, -0.15) is 0 Å². The Morgan fingerprint density at radius 2 is 2.00 bits per heavy atom. The lowest BCUT2D eigenvalue weighted by molar-refractivity contribution is -0.145. The van der Waals surface area contributed by atoms with Crippen molar-refractivity contribution < 1.29 is 19.4 Å². The van der Waals surface area contributed by atoms with Crippen LogP contribution in [0.5, 0.6) is 0 Å². The zero-order chi connectivity index (χ0) is 13.2. The molecule has 1 aliphatic heterocycles. The maximum atomic E-state index is 11.6. The molecule has 1 amide bonds. The summed E-state index contributed by atoms with van der Waals surface area (Å²) < 4.78 is 5.17. The van der Waals surface area contributed by atoms with Gasteiger partial charge >= 0.3 is 12.1 Å². The highest BCUT2D eigenvalue weighted by atomic mass is 16.6. The molecule has 1 unspecified atom stereocenters. The van der Waals surface area contributed by atoms with Gasteiger partial charge in [-0.25, -0.2) is 4.79 Å². The maximum Gasteiger partial charge on any atom is 0.410 e. The Morgan fingerprint density at radius 3 is 2.35 bits per heavy atom. The molecule has 6 nitrogen and oxygen atoms in total. The number of likely N-dealkylation sites (tertiary alicyclic amines) is 1. The van der Waals surface area contributed by atoms with Crippen LogP contribution in [0.1, 0.15) is 20.8 Å². The highest BCUT2D eigenvalue weighted by molar-refractivity contribution is 5.73. The van der Waals surface area contributed by atoms with Crippen LogP contribution in [0.15, 0.2) is 0 Å². The summed E-state index contributed by atoms with van der Waals surface area (Å²) in [6.07, 6.45) is -0.394. The molecule has 1 heterocycles. The molecule has 1 fully saturated rings. The first-order valence-corrected chi connectivity index (χ1v) is 5.65. The molecule has 17 heavy (non-hydrogen) atoms. The van der Waals surface area contributed by atoms with E-state index in [0.29, 0.717) is 13.1 Å². The van der Waals surface area contributed by atoms with E-state index in [9.17, 15) is 9.59 Å². The Labute approximate surface area is 101 Å². The average molecular weight is 244 g/mol. The van der Waals surface area contributed by atoms with E-state index in [4.69, 9.17) is 15.6 Å². The Morgan fingerprint density at radius 1 is 1.47 bits per heavy atom. The Bertz CT molecular complexity index is 305. The van der Waals surface area contributed by atoms with E-state index in [1.54, 1.807) is 20.8 Å². The minimum Gasteiger partial charge on any atom is -0.481 e. The number of carbonyl (C=O) groups excluding carboxylic acids is 1. The number of carboxylic acid groups (broad SMARTS) is 1. The zero-order valence-electron chi connectivity index (χ0n) is 10.5. The normalized spacial score (nSPS) is 18.5. The lowest BCUT2D eigenvalue weighted by atomic mass is 9.86. The second-order valence-electron chi connectivity index (χ2n) is 5.33. The maximum absolute atomic E-state index is 11.6. The first kappa shape index (κ1) is 13.8. The van der Waals surface area contributed by atoms with Crippen molar-refractivity contribution in [3.8, 4) is 0 Å². The molecule has 0 aromatic rings. The van der Waals surface area contributed by atoms with Gasteiger partial charge in [-0.05, 0) is 20.8 Å². The van der Waals surface area contributed by atoms with Crippen molar-refractivity contribution in [3.05, 3.63) is 0 Å². The molecule has 1 aliphatic rings. The quantitative estimate of drug-likeness (QED) is 0.754. The lowest BCUT2D eigenvalue weighted by Gasteiger charge is -2.42. The van der Waals surface area contributed by atoms with Gasteiger partial charge in [0.1, 0.15) is 5.60 Å². The fourth-order valence-electron chi connectivity index (χ4n) is 1.74. The molecule has 0 radical (unpaired) electrons. The minimum atomic E-state index is -0.902. The number of carbonyl (C=O) groups is 2. The Hall–Kier alpha value is -1.30. The van der Waals surface area contributed by atoms with E-state index in [1.165, 1.54) is 4.90 Å². The zero-order valence-corrected chi connectivity index (χ0v) is 10.5. The molecule has 0 aliphatic carbocycles. The van der Waals surface area contributed by atoms with Crippen molar-refractivity contribution in [2.45, 2.75) is 26.4 Å². The summed E-state index contributed by atoms with van der Waals surface area (Å²) in [6, 6.07) is 0. The van der Waals surface area contributed by atoms with Crippen molar-refractivity contribution in [1.82, 2.24) is 4.90 Å². The molecule has 0 spiro atoms. The third-order valence-corrected chi connectivity index (χ3v) is 2.70. The van der Waals surface area contributed by atoms with Crippen molar-refractivity contribution in [3.63, 3.8) is 0 Å². The number of rotatable bonds is 3. The lowest BCUT2D eigenvalue weighted by Crippen LogP contribution is -2.56. The molecule has 3 N–H and O–H groups in total. The van der Waals surface area contributed by atoms with Gasteiger partial charge in [0.25, 0.3) is 0 Å². The predicted octanol–water partition coefficient (Wildman–Crippen LogP) is 0.513. The minimum absolute atomic E-state index is 0.0648. The van der Waals surface area contributed by atoms with Crippen molar-refractivity contribution in [1.29, 1.82) is 0 Å². The summed E-state index contributed by atoms with van der Waals surface area (Å²) in [6.45, 7) is 6.29. The summed E-state index contributed by atoms with van der Waals surface area (Å²) >= 11 is 0. The SMILES string of the molecule is CC(C)(C)OC(=O)N1CC(C(CN)C(=O)O)C1. The van der Waals surface area contributed by atoms with Crippen molar-refractivity contribution in [2.24, 2.45) is 17.6 Å². The van der Waals surface area contributed by atoms with E-state index < -0.39 is 23.6 Å². The molecule has 1 saturated heterocycles. The number of carboxylic acids is 1. The topological polar surface area (TPSA) is 92.9 Å². The number of nitrogens with two attached hydrogens (primary N) is 1. The van der Waals surface area contributed by atoms with E-state index in [2.05, 4.69) is 0 Å². The highest BCUT2D eigenvalue weighted by Gasteiger charge is 2.40. The molecule has 1 rings (SSSR count). The van der Waals surface area contributed by atoms with Gasteiger partial charge in [0, 0.05) is 25.6 Å². The highest BCUT2D eigenvalue weighted by Crippen LogP contribution is 2.25. The first-order chi connectivity index (χ1) is 7.74. The van der Waals surface area contributed by atoms with Crippen LogP contribution in [0.3, 0.4) is 0 Å². The van der Waals surface area contributed by atoms with Gasteiger partial charge < -0.3 is 20.5 Å². The van der Waals surface area contributed by atoms with E-state index in [0.717, 1.165) is 0 Å². The molecule has 1 atom stereocenters. The Balaban J connectivity index is 2.41. The van der Waals surface area contributed by atoms with Crippen LogP contribution < -0.4 is 5.73 Å². The van der Waals surface area contributed by atoms with Crippen LogP contribution in [0.25, 0.3) is 0 Å². The standard InChI is InChI=1S/C11H20N2O4/c1-11(2,3)17-10(16)13-5-7(6-13)8(4-12)9(14)15/h7-8H,4-6,12H2,1-3H3,(H,14,15). The number of amides is 1. The van der Waals surface area contributed by atoms with Crippen molar-refractivity contribution >= 4 is 12.1 Å². The summed E-state index contributed by atoms with van der Waals surface area (Å²) in [4.78, 5) is 23.9. The second-order valence-corrected chi connectivity index (χ2v) is 5.33. The molecule has 0 aromatic carbocycles. The number of hydrogen-bond donors (Lipinski definition) is 2. The summed E-state index contributed by atoms with van der Waals surface area (Å²) in [5, 5.41) is 8.91. The summed E-state index contributed by atoms with van der Waals surface area (Å²) in [5.74, 6) is -1.54. The van der Waals surface area contributed by atoms with Gasteiger partial charge in [-0.3, -0.25) is 4.79 Å². The van der Waals surface area contributed by atoms with Crippen LogP contribution in [-0.2, 0) is 9.53 Å². The molecule has 6 heteroatoms. The molecule has 98 valence electrons. The van der Waals surface area contributed by atoms with E-state index in [-0.39, 0.29) is 12.5 Å². The van der Waals surface area contributed by atoms with Gasteiger partial charge in [0.05, 0.1) is 5.92 Å². The smallest absolute Gasteiger partial charge is 0.410 e. The molecule has 0 bridgehead atoms. The van der Waals surface area contributed by atoms with Crippen molar-refractivity contribution in [2.75, 3.05) is 19.6 Å². The number of hydrogen-bond acceptors (Lipinski definition) is 4. The number of aliphatic carboxylic acids is 1. The van der Waals surface area contributed by atoms with Crippen LogP contribution >= 0.6 is 0 Å². The second kappa shape index (κ2) is 4.91. The molecular formula is C11H20N2O4. The predicted molar refractivity (Wildman–Crippen MR) is 61.5 cm³/mol. The first-order valence-electron chi connectivity index (χ1n) is 5.65. The van der Waals surface area contributed by atoms with E-state index >= 15 is 0 Å². The van der Waals surface area contributed by atoms with Crippen LogP contribution in [-0.4, -0.2) is 47.3 Å². The van der Waals surface area contributed by atoms with Crippen LogP contribution in [0.4, 0.5) is 4.79 Å². The van der Waals surface area contributed by atoms with Gasteiger partial charge in [0.15, 0.2) is 0 Å². The fraction of sp³-hybridized carbons (Fsp3) is 0.818. The van der Waals surface area contributed by atoms with E-state index in [1.807, 2.05) is 0 Å². The molecule has 0 saturated carbocycles. The third kappa shape index (κ3) is 3.59. The molecule has 0 aromatic heterocycles. The summed E-state index contributed by atoms with van der Waals surface area (Å²) in [7, 11) is 0. The number of nitrogens with zero attached hydrogens (tertiary/aromatic N) is 1.